The van der Waals surface area contributed by atoms with Gasteiger partial charge >= 0.3 is 11.9 Å². The lowest BCUT2D eigenvalue weighted by molar-refractivity contribution is -0.217. The molecule has 0 aromatic carbocycles. The largest absolute Gasteiger partial charge is 0.462 e. The zero-order valence-corrected chi connectivity index (χ0v) is 18.5. The van der Waals surface area contributed by atoms with E-state index in [2.05, 4.69) is 13.8 Å². The summed E-state index contributed by atoms with van der Waals surface area (Å²) < 4.78 is 11.1. The van der Waals surface area contributed by atoms with Crippen LogP contribution >= 0.6 is 0 Å². The second kappa shape index (κ2) is 6.30. The van der Waals surface area contributed by atoms with E-state index in [1.54, 1.807) is 0 Å². The molecule has 1 N–H and O–H groups in total. The highest BCUT2D eigenvalue weighted by atomic mass is 16.6. The Kier molecular flexibility index (Phi) is 4.30. The van der Waals surface area contributed by atoms with Gasteiger partial charge in [-0.15, -0.1) is 0 Å². The van der Waals surface area contributed by atoms with Crippen LogP contribution in [0.4, 0.5) is 0 Å². The Hall–Kier alpha value is -1.43. The lowest BCUT2D eigenvalue weighted by Gasteiger charge is -2.63. The van der Waals surface area contributed by atoms with Crippen LogP contribution in [0.5, 0.6) is 0 Å². The zero-order chi connectivity index (χ0) is 21.6. The van der Waals surface area contributed by atoms with E-state index in [1.165, 1.54) is 6.92 Å². The lowest BCUT2D eigenvalue weighted by Crippen LogP contribution is -2.67. The first-order valence-electron chi connectivity index (χ1n) is 11.6. The van der Waals surface area contributed by atoms with E-state index in [-0.39, 0.29) is 65.4 Å². The minimum atomic E-state index is -1.42. The fraction of sp³-hybridized carbons (Fsp3) is 0.875. The van der Waals surface area contributed by atoms with Gasteiger partial charge in [0.2, 0.25) is 0 Å². The highest BCUT2D eigenvalue weighted by Gasteiger charge is 2.70. The molecule has 1 aliphatic heterocycles. The molecule has 0 amide bonds. The van der Waals surface area contributed by atoms with Crippen LogP contribution in [-0.4, -0.2) is 40.6 Å². The van der Waals surface area contributed by atoms with Crippen LogP contribution in [0.2, 0.25) is 0 Å². The van der Waals surface area contributed by atoms with E-state index in [0.717, 1.165) is 19.3 Å². The van der Waals surface area contributed by atoms with Crippen LogP contribution in [-0.2, 0) is 23.9 Å². The van der Waals surface area contributed by atoms with Gasteiger partial charge in [0.15, 0.2) is 5.78 Å². The molecular weight excluding hydrogens is 384 g/mol. The molecule has 0 radical (unpaired) electrons. The van der Waals surface area contributed by atoms with E-state index in [9.17, 15) is 19.5 Å². The first kappa shape index (κ1) is 20.5. The molecule has 5 aliphatic rings. The summed E-state index contributed by atoms with van der Waals surface area (Å²) in [6.45, 7) is 7.77. The summed E-state index contributed by atoms with van der Waals surface area (Å²) in [6.07, 6.45) is 4.38. The molecule has 5 fully saturated rings. The van der Waals surface area contributed by atoms with E-state index < -0.39 is 11.0 Å². The first-order valence-corrected chi connectivity index (χ1v) is 11.6. The topological polar surface area (TPSA) is 89.9 Å². The second-order valence-electron chi connectivity index (χ2n) is 11.3. The average molecular weight is 419 g/mol. The average Bonchev–Trinajstić information content (AvgIpc) is 3.11. The molecule has 10 atom stereocenters. The summed E-state index contributed by atoms with van der Waals surface area (Å²) in [5, 5.41) is 11.7. The summed E-state index contributed by atoms with van der Waals surface area (Å²) in [4.78, 5) is 37.1. The maximum atomic E-state index is 13.4. The van der Waals surface area contributed by atoms with Gasteiger partial charge in [-0.05, 0) is 55.3 Å². The summed E-state index contributed by atoms with van der Waals surface area (Å²) in [5.74, 6) is 0.476. The molecule has 6 nitrogen and oxygen atoms in total. The Labute approximate surface area is 178 Å². The third-order valence-electron chi connectivity index (χ3n) is 10.2. The standard InChI is InChI=1S/C24H34O6/c1-12-20-18(30-21(12)27)10-17-15-9-19(26)24(28)11-14(29-13(2)25)5-8-23(24,4)16(15)6-7-22(17,20)3/h12,14-18,20,28H,5-11H2,1-4H3/t12-,14-,15+,16-,17-,18-,20-,22-,23+,24-/m0/s1. The van der Waals surface area contributed by atoms with Crippen molar-refractivity contribution in [1.82, 2.24) is 0 Å². The smallest absolute Gasteiger partial charge is 0.309 e. The predicted octanol–water partition coefficient (Wildman–Crippen LogP) is 3.04. The number of ketones is 1. The van der Waals surface area contributed by atoms with Crippen molar-refractivity contribution in [3.05, 3.63) is 0 Å². The van der Waals surface area contributed by atoms with Gasteiger partial charge in [0.1, 0.15) is 17.8 Å². The Morgan fingerprint density at radius 2 is 1.90 bits per heavy atom. The van der Waals surface area contributed by atoms with Crippen molar-refractivity contribution in [1.29, 1.82) is 0 Å². The molecule has 6 heteroatoms. The molecule has 0 spiro atoms. The van der Waals surface area contributed by atoms with Gasteiger partial charge in [-0.3, -0.25) is 14.4 Å². The van der Waals surface area contributed by atoms with Gasteiger partial charge < -0.3 is 14.6 Å². The number of carbonyl (C=O) groups is 3. The van der Waals surface area contributed by atoms with Gasteiger partial charge in [-0.1, -0.05) is 20.8 Å². The Bertz CT molecular complexity index is 808. The van der Waals surface area contributed by atoms with E-state index in [1.807, 2.05) is 6.92 Å². The molecule has 0 aromatic heterocycles. The number of ether oxygens (including phenoxy) is 2. The molecule has 30 heavy (non-hydrogen) atoms. The second-order valence-corrected chi connectivity index (χ2v) is 11.3. The fourth-order valence-corrected chi connectivity index (χ4v) is 8.78. The lowest BCUT2D eigenvalue weighted by atomic mass is 9.42. The SMILES string of the molecule is CC(=O)O[C@H]1CC[C@]2(C)[C@H]3CC[C@]4(C)[C@@H]5[C@H](C[C@H]4[C@@H]3CC(=O)[C@@]2(O)C1)OC(=O)[C@H]5C. The van der Waals surface area contributed by atoms with Crippen LogP contribution in [0.1, 0.15) is 72.6 Å². The van der Waals surface area contributed by atoms with Crippen LogP contribution in [0.25, 0.3) is 0 Å². The molecule has 1 saturated heterocycles. The third kappa shape index (κ3) is 2.43. The summed E-state index contributed by atoms with van der Waals surface area (Å²) >= 11 is 0. The van der Waals surface area contributed by atoms with Crippen LogP contribution in [0, 0.1) is 40.4 Å². The third-order valence-corrected chi connectivity index (χ3v) is 10.2. The van der Waals surface area contributed by atoms with Crippen molar-refractivity contribution < 1.29 is 29.0 Å². The summed E-state index contributed by atoms with van der Waals surface area (Å²) in [7, 11) is 0. The minimum Gasteiger partial charge on any atom is -0.462 e. The normalized spacial score (nSPS) is 54.5. The van der Waals surface area contributed by atoms with Gasteiger partial charge in [-0.2, -0.15) is 0 Å². The molecule has 0 unspecified atom stereocenters. The van der Waals surface area contributed by atoms with E-state index in [4.69, 9.17) is 9.47 Å². The monoisotopic (exact) mass is 418 g/mol. The maximum absolute atomic E-state index is 13.4. The Morgan fingerprint density at radius 1 is 1.17 bits per heavy atom. The van der Waals surface area contributed by atoms with Gasteiger partial charge in [0, 0.05) is 31.1 Å². The predicted molar refractivity (Wildman–Crippen MR) is 107 cm³/mol. The van der Waals surface area contributed by atoms with Crippen molar-refractivity contribution in [3.8, 4) is 0 Å². The van der Waals surface area contributed by atoms with Crippen molar-refractivity contribution in [3.63, 3.8) is 0 Å². The molecule has 166 valence electrons. The molecule has 0 bridgehead atoms. The fourth-order valence-electron chi connectivity index (χ4n) is 8.78. The number of esters is 2. The van der Waals surface area contributed by atoms with E-state index >= 15 is 0 Å². The minimum absolute atomic E-state index is 0.0123. The highest BCUT2D eigenvalue weighted by Crippen LogP contribution is 2.69. The number of aliphatic hydroxyl groups is 1. The number of fused-ring (bicyclic) bond motifs is 7. The first-order chi connectivity index (χ1) is 14.0. The number of hydrogen-bond acceptors (Lipinski definition) is 6. The highest BCUT2D eigenvalue weighted by molar-refractivity contribution is 5.89. The van der Waals surface area contributed by atoms with Crippen LogP contribution in [0.3, 0.4) is 0 Å². The maximum Gasteiger partial charge on any atom is 0.309 e. The van der Waals surface area contributed by atoms with Crippen LogP contribution in [0.15, 0.2) is 0 Å². The number of Topliss-reactive ketones (excluding diaryl/α,β-unsaturated/α-hetero) is 1. The molecule has 4 saturated carbocycles. The molecule has 5 rings (SSSR count). The zero-order valence-electron chi connectivity index (χ0n) is 18.5. The van der Waals surface area contributed by atoms with Crippen molar-refractivity contribution in [2.24, 2.45) is 40.4 Å². The Balaban J connectivity index is 1.46. The van der Waals surface area contributed by atoms with Crippen molar-refractivity contribution in [2.75, 3.05) is 0 Å². The summed E-state index contributed by atoms with van der Waals surface area (Å²) in [6, 6.07) is 0. The number of carbonyl (C=O) groups excluding carboxylic acids is 3. The molecule has 1 heterocycles. The molecular formula is C24H34O6. The summed E-state index contributed by atoms with van der Waals surface area (Å²) in [5.41, 5.74) is -1.90. The van der Waals surface area contributed by atoms with Gasteiger partial charge in [0.05, 0.1) is 5.92 Å². The molecule has 4 aliphatic carbocycles. The molecule has 0 aromatic rings. The number of rotatable bonds is 1. The number of hydrogen-bond donors (Lipinski definition) is 1. The van der Waals surface area contributed by atoms with Crippen molar-refractivity contribution in [2.45, 2.75) is 90.4 Å². The Morgan fingerprint density at radius 3 is 2.60 bits per heavy atom. The van der Waals surface area contributed by atoms with E-state index in [0.29, 0.717) is 25.2 Å². The van der Waals surface area contributed by atoms with Gasteiger partial charge in [-0.25, -0.2) is 0 Å². The van der Waals surface area contributed by atoms with Crippen LogP contribution < -0.4 is 0 Å². The van der Waals surface area contributed by atoms with Gasteiger partial charge in [0.25, 0.3) is 0 Å². The van der Waals surface area contributed by atoms with Crippen molar-refractivity contribution >= 4 is 17.7 Å². The quantitative estimate of drug-likeness (QED) is 0.659.